The average Bonchev–Trinajstić information content (AvgIpc) is 3.73. The third-order valence-electron chi connectivity index (χ3n) is 13.8. The van der Waals surface area contributed by atoms with Crippen molar-refractivity contribution in [2.45, 2.75) is 51.4 Å². The van der Waals surface area contributed by atoms with E-state index in [2.05, 4.69) is 289 Å². The van der Waals surface area contributed by atoms with Crippen LogP contribution in [0.2, 0.25) is 0 Å². The fraction of sp³-hybridized carbons (Fsp3) is 0.156. The summed E-state index contributed by atoms with van der Waals surface area (Å²) >= 11 is 0. The number of fused-ring (bicyclic) bond motifs is 2. The fourth-order valence-corrected chi connectivity index (χ4v) is 10.3. The monoisotopic (exact) mass is 884 g/mol. The van der Waals surface area contributed by atoms with E-state index >= 15 is 0 Å². The molecule has 0 atom stereocenters. The Bertz CT molecular complexity index is 2830. The lowest BCUT2D eigenvalue weighted by molar-refractivity contribution is -0.451. The lowest BCUT2D eigenvalue weighted by atomic mass is 9.81. The predicted molar refractivity (Wildman–Crippen MR) is 288 cm³/mol. The number of para-hydroxylation sites is 6. The molecule has 8 aromatic rings. The van der Waals surface area contributed by atoms with Gasteiger partial charge in [-0.2, -0.15) is 9.15 Å². The molecule has 2 aliphatic heterocycles. The lowest BCUT2D eigenvalue weighted by Gasteiger charge is -2.25. The Labute approximate surface area is 403 Å². The predicted octanol–water partition coefficient (Wildman–Crippen LogP) is 16.3. The van der Waals surface area contributed by atoms with Gasteiger partial charge in [0.1, 0.15) is 13.1 Å². The molecule has 68 heavy (non-hydrogen) atoms. The van der Waals surface area contributed by atoms with E-state index in [-0.39, 0.29) is 10.8 Å². The first-order valence-corrected chi connectivity index (χ1v) is 24.1. The number of hydrogen-bond acceptors (Lipinski definition) is 2. The highest BCUT2D eigenvalue weighted by Crippen LogP contribution is 2.43. The number of allylic oxidation sites excluding steroid dienone is 2. The lowest BCUT2D eigenvalue weighted by Crippen LogP contribution is -2.28. The minimum absolute atomic E-state index is 0.131. The smallest absolute Gasteiger partial charge is 0.209 e. The normalized spacial score (nSPS) is 14.7. The van der Waals surface area contributed by atoms with Crippen molar-refractivity contribution in [2.24, 2.45) is 0 Å². The standard InChI is InChI=1S/C64H60N4/c1-63(2)57-31-17-19-33-59(57)65(61(63)45-39-49-35-41-55(42-36-49)67(51-23-9-5-10-24-51)52-25-11-6-12-26-52)47-21-22-48-66-60-34-20-18-32-58(60)64(3,4)62(66)46-40-50-37-43-56(44-38-50)68(53-27-13-7-14-28-53)54-29-15-8-16-30-54/h5-20,23-46H,21-22,47-48H2,1-4H3/q+2. The van der Waals surface area contributed by atoms with Crippen LogP contribution in [0.1, 0.15) is 62.8 Å². The second-order valence-electron chi connectivity index (χ2n) is 18.9. The van der Waals surface area contributed by atoms with Crippen molar-refractivity contribution in [2.75, 3.05) is 22.9 Å². The first kappa shape index (κ1) is 44.0. The zero-order valence-corrected chi connectivity index (χ0v) is 39.7. The van der Waals surface area contributed by atoms with Crippen LogP contribution in [0.5, 0.6) is 0 Å². The molecule has 0 amide bonds. The number of nitrogens with zero attached hydrogens (tertiary/aromatic N) is 4. The molecule has 0 aliphatic carbocycles. The average molecular weight is 885 g/mol. The van der Waals surface area contributed by atoms with Crippen molar-refractivity contribution >= 4 is 69.1 Å². The first-order chi connectivity index (χ1) is 33.3. The maximum Gasteiger partial charge on any atom is 0.209 e. The van der Waals surface area contributed by atoms with Crippen LogP contribution in [0.25, 0.3) is 12.2 Å². The van der Waals surface area contributed by atoms with Crippen LogP contribution >= 0.6 is 0 Å². The molecule has 0 aromatic heterocycles. The molecule has 4 heteroatoms. The molecule has 2 aliphatic rings. The molecule has 2 heterocycles. The highest BCUT2D eigenvalue weighted by atomic mass is 15.1. The molecule has 0 fully saturated rings. The fourth-order valence-electron chi connectivity index (χ4n) is 10.3. The van der Waals surface area contributed by atoms with E-state index in [4.69, 9.17) is 0 Å². The van der Waals surface area contributed by atoms with Gasteiger partial charge in [-0.05, 0) is 124 Å². The number of anilines is 6. The summed E-state index contributed by atoms with van der Waals surface area (Å²) in [6, 6.07) is 78.2. The molecular weight excluding hydrogens is 825 g/mol. The van der Waals surface area contributed by atoms with Crippen molar-refractivity contribution in [3.05, 3.63) is 253 Å². The summed E-state index contributed by atoms with van der Waals surface area (Å²) in [5, 5.41) is 0. The van der Waals surface area contributed by atoms with Crippen molar-refractivity contribution in [1.29, 1.82) is 0 Å². The molecule has 0 N–H and O–H groups in total. The zero-order chi connectivity index (χ0) is 46.5. The highest BCUT2D eigenvalue weighted by Gasteiger charge is 2.45. The van der Waals surface area contributed by atoms with E-state index in [9.17, 15) is 0 Å². The van der Waals surface area contributed by atoms with Gasteiger partial charge in [-0.3, -0.25) is 0 Å². The number of unbranched alkanes of at least 4 members (excludes halogenated alkanes) is 1. The van der Waals surface area contributed by atoms with Crippen LogP contribution in [0.3, 0.4) is 0 Å². The van der Waals surface area contributed by atoms with Crippen molar-refractivity contribution in [3.63, 3.8) is 0 Å². The van der Waals surface area contributed by atoms with Gasteiger partial charge in [0.25, 0.3) is 0 Å². The number of rotatable bonds is 15. The Morgan fingerprint density at radius 1 is 0.324 bits per heavy atom. The Kier molecular flexibility index (Phi) is 12.4. The Morgan fingerprint density at radius 3 is 0.926 bits per heavy atom. The molecule has 0 bridgehead atoms. The SMILES string of the molecule is CC1(C)C(/C=C/c2ccc(N(c3ccccc3)c3ccccc3)cc2)=[N+](CCCC[N+]2=C(/C=C/c3ccc(N(c4ccccc4)c4ccccc4)cc3)C(C)(C)c3ccccc32)c2ccccc21. The molecular formula is C64H60N4+2. The van der Waals surface area contributed by atoms with Gasteiger partial charge in [-0.1, -0.05) is 133 Å². The number of benzene rings is 8. The van der Waals surface area contributed by atoms with Crippen LogP contribution in [-0.2, 0) is 10.8 Å². The van der Waals surface area contributed by atoms with E-state index < -0.39 is 0 Å². The van der Waals surface area contributed by atoms with Gasteiger partial charge < -0.3 is 9.80 Å². The summed E-state index contributed by atoms with van der Waals surface area (Å²) in [6.07, 6.45) is 11.4. The van der Waals surface area contributed by atoms with E-state index in [1.807, 2.05) is 0 Å². The van der Waals surface area contributed by atoms with Crippen LogP contribution in [0, 0.1) is 0 Å². The second kappa shape index (κ2) is 19.2. The molecule has 0 unspecified atom stereocenters. The molecule has 10 rings (SSSR count). The maximum atomic E-state index is 2.58. The quantitative estimate of drug-likeness (QED) is 0.0751. The van der Waals surface area contributed by atoms with Gasteiger partial charge >= 0.3 is 0 Å². The van der Waals surface area contributed by atoms with Gasteiger partial charge in [0.2, 0.25) is 11.4 Å². The summed E-state index contributed by atoms with van der Waals surface area (Å²) < 4.78 is 5.17. The molecule has 4 nitrogen and oxygen atoms in total. The topological polar surface area (TPSA) is 12.5 Å². The van der Waals surface area contributed by atoms with Crippen LogP contribution < -0.4 is 9.80 Å². The van der Waals surface area contributed by atoms with E-state index in [0.717, 1.165) is 60.1 Å². The van der Waals surface area contributed by atoms with E-state index in [0.29, 0.717) is 0 Å². The van der Waals surface area contributed by atoms with Crippen LogP contribution in [0.4, 0.5) is 45.5 Å². The van der Waals surface area contributed by atoms with E-state index in [1.165, 1.54) is 45.1 Å². The summed E-state index contributed by atoms with van der Waals surface area (Å²) in [7, 11) is 0. The van der Waals surface area contributed by atoms with Crippen molar-refractivity contribution in [3.8, 4) is 0 Å². The third-order valence-corrected chi connectivity index (χ3v) is 13.8. The Balaban J connectivity index is 0.890. The van der Waals surface area contributed by atoms with Gasteiger partial charge in [0.05, 0.1) is 10.8 Å². The van der Waals surface area contributed by atoms with Crippen LogP contribution in [-0.4, -0.2) is 33.7 Å². The van der Waals surface area contributed by atoms with Gasteiger partial charge in [0, 0.05) is 82.4 Å². The van der Waals surface area contributed by atoms with Crippen molar-refractivity contribution < 1.29 is 9.15 Å². The second-order valence-corrected chi connectivity index (χ2v) is 18.9. The van der Waals surface area contributed by atoms with Crippen LogP contribution in [0.15, 0.2) is 231 Å². The molecule has 0 saturated heterocycles. The minimum Gasteiger partial charge on any atom is -0.311 e. The van der Waals surface area contributed by atoms with E-state index in [1.54, 1.807) is 0 Å². The van der Waals surface area contributed by atoms with Gasteiger partial charge in [0.15, 0.2) is 11.4 Å². The molecule has 0 radical (unpaired) electrons. The molecule has 0 saturated carbocycles. The Hall–Kier alpha value is -7.82. The summed E-state index contributed by atoms with van der Waals surface area (Å²) in [4.78, 5) is 4.62. The molecule has 0 spiro atoms. The summed E-state index contributed by atoms with van der Waals surface area (Å²) in [6.45, 7) is 11.4. The largest absolute Gasteiger partial charge is 0.311 e. The van der Waals surface area contributed by atoms with Gasteiger partial charge in [-0.25, -0.2) is 0 Å². The molecule has 8 aromatic carbocycles. The Morgan fingerprint density at radius 2 is 0.603 bits per heavy atom. The highest BCUT2D eigenvalue weighted by molar-refractivity contribution is 6.06. The summed E-state index contributed by atoms with van der Waals surface area (Å²) in [5.74, 6) is 0. The van der Waals surface area contributed by atoms with Gasteiger partial charge in [-0.15, -0.1) is 0 Å². The maximum absolute atomic E-state index is 2.58. The summed E-state index contributed by atoms with van der Waals surface area (Å²) in [5.41, 5.74) is 17.0. The third kappa shape index (κ3) is 8.78. The molecule has 334 valence electrons. The number of hydrogen-bond donors (Lipinski definition) is 0. The first-order valence-electron chi connectivity index (χ1n) is 24.1. The zero-order valence-electron chi connectivity index (χ0n) is 39.7. The minimum atomic E-state index is -0.131. The van der Waals surface area contributed by atoms with Crippen molar-refractivity contribution in [1.82, 2.24) is 0 Å².